The van der Waals surface area contributed by atoms with Gasteiger partial charge >= 0.3 is 6.09 Å². The molecule has 1 aliphatic heterocycles. The fraction of sp³-hybridized carbons (Fsp3) is 0.900. The number of likely N-dealkylation sites (tertiary alicyclic amines) is 1. The van der Waals surface area contributed by atoms with Crippen LogP contribution in [0.1, 0.15) is 119 Å². The van der Waals surface area contributed by atoms with Crippen LogP contribution in [0.3, 0.4) is 0 Å². The number of ether oxygens (including phenoxy) is 1. The first-order valence-electron chi connectivity index (χ1n) is 15.1. The van der Waals surface area contributed by atoms with Crippen LogP contribution in [-0.2, 0) is 24.3 Å². The van der Waals surface area contributed by atoms with Crippen molar-refractivity contribution in [2.45, 2.75) is 135 Å². The van der Waals surface area contributed by atoms with E-state index in [1.165, 1.54) is 6.42 Å². The SMILES string of the molecule is CCCC1(S(=O)(=O)NC(=O)[C@@]2(CC(=O)[C@@H]3C[C@@]4(CN3C(=O)OC(C)(C)C)C(C)(C)C43CCC3)C[C@H]2CC)CC1. The lowest BCUT2D eigenvalue weighted by molar-refractivity contribution is -0.132. The highest BCUT2D eigenvalue weighted by Crippen LogP contribution is 2.88. The zero-order valence-corrected chi connectivity index (χ0v) is 25.8. The van der Waals surface area contributed by atoms with E-state index >= 15 is 0 Å². The van der Waals surface area contributed by atoms with E-state index < -0.39 is 43.8 Å². The van der Waals surface area contributed by atoms with Gasteiger partial charge in [0.2, 0.25) is 15.9 Å². The number of ketones is 1. The molecule has 4 aliphatic carbocycles. The molecular formula is C30H48N2O6S. The van der Waals surface area contributed by atoms with E-state index in [0.717, 1.165) is 19.3 Å². The molecule has 9 heteroatoms. The van der Waals surface area contributed by atoms with Gasteiger partial charge in [-0.2, -0.15) is 0 Å². The highest BCUT2D eigenvalue weighted by Gasteiger charge is 2.85. The molecule has 5 rings (SSSR count). The highest BCUT2D eigenvalue weighted by molar-refractivity contribution is 7.91. The van der Waals surface area contributed by atoms with Crippen molar-refractivity contribution in [2.24, 2.45) is 27.6 Å². The molecular weight excluding hydrogens is 516 g/mol. The van der Waals surface area contributed by atoms with Gasteiger partial charge in [0, 0.05) is 18.4 Å². The summed E-state index contributed by atoms with van der Waals surface area (Å²) in [5.74, 6) is -0.726. The number of nitrogens with one attached hydrogen (secondary N) is 1. The summed E-state index contributed by atoms with van der Waals surface area (Å²) < 4.78 is 33.7. The Labute approximate surface area is 234 Å². The maximum atomic E-state index is 14.1. The lowest BCUT2D eigenvalue weighted by atomic mass is 9.73. The Morgan fingerprint density at radius 1 is 1.00 bits per heavy atom. The van der Waals surface area contributed by atoms with Gasteiger partial charge in [0.15, 0.2) is 5.78 Å². The van der Waals surface area contributed by atoms with Crippen molar-refractivity contribution in [2.75, 3.05) is 6.54 Å². The maximum Gasteiger partial charge on any atom is 0.410 e. The lowest BCUT2D eigenvalue weighted by Gasteiger charge is -2.32. The maximum absolute atomic E-state index is 14.1. The molecule has 5 fully saturated rings. The number of hydrogen-bond acceptors (Lipinski definition) is 6. The number of rotatable bonds is 9. The van der Waals surface area contributed by atoms with Gasteiger partial charge in [-0.25, -0.2) is 13.2 Å². The normalized spacial score (nSPS) is 34.9. The van der Waals surface area contributed by atoms with Crippen LogP contribution >= 0.6 is 0 Å². The summed E-state index contributed by atoms with van der Waals surface area (Å²) >= 11 is 0. The summed E-state index contributed by atoms with van der Waals surface area (Å²) in [4.78, 5) is 42.7. The summed E-state index contributed by atoms with van der Waals surface area (Å²) in [5, 5.41) is 0. The van der Waals surface area contributed by atoms with Crippen molar-refractivity contribution in [1.82, 2.24) is 9.62 Å². The second kappa shape index (κ2) is 8.68. The zero-order valence-electron chi connectivity index (χ0n) is 24.9. The number of sulfonamides is 1. The third-order valence-corrected chi connectivity index (χ3v) is 14.0. The van der Waals surface area contributed by atoms with Crippen molar-refractivity contribution in [3.63, 3.8) is 0 Å². The topological polar surface area (TPSA) is 110 Å². The second-order valence-electron chi connectivity index (χ2n) is 14.9. The fourth-order valence-electron chi connectivity index (χ4n) is 8.90. The molecule has 5 aliphatic rings. The second-order valence-corrected chi connectivity index (χ2v) is 17.0. The van der Waals surface area contributed by atoms with Gasteiger partial charge in [-0.1, -0.05) is 47.0 Å². The van der Waals surface area contributed by atoms with Crippen molar-refractivity contribution < 1.29 is 27.5 Å². The van der Waals surface area contributed by atoms with Crippen LogP contribution in [0.5, 0.6) is 0 Å². The molecule has 1 heterocycles. The van der Waals surface area contributed by atoms with Gasteiger partial charge in [0.05, 0.1) is 16.2 Å². The highest BCUT2D eigenvalue weighted by atomic mass is 32.2. The summed E-state index contributed by atoms with van der Waals surface area (Å²) in [6.07, 6.45) is 7.07. The average Bonchev–Trinajstić information content (AvgIpc) is 3.70. The number of nitrogens with zero attached hydrogens (tertiary/aromatic N) is 1. The smallest absolute Gasteiger partial charge is 0.410 e. The van der Waals surface area contributed by atoms with E-state index in [1.54, 1.807) is 4.90 Å². The number of hydrogen-bond donors (Lipinski definition) is 1. The van der Waals surface area contributed by atoms with Crippen molar-refractivity contribution in [3.05, 3.63) is 0 Å². The molecule has 0 aromatic carbocycles. The Kier molecular flexibility index (Phi) is 6.43. The fourth-order valence-corrected chi connectivity index (χ4v) is 10.7. The quantitative estimate of drug-likeness (QED) is 0.404. The molecule has 0 bridgehead atoms. The van der Waals surface area contributed by atoms with Crippen LogP contribution in [0.2, 0.25) is 0 Å². The van der Waals surface area contributed by atoms with Crippen molar-refractivity contribution in [1.29, 1.82) is 0 Å². The summed E-state index contributed by atoms with van der Waals surface area (Å²) in [6, 6.07) is -0.659. The molecule has 0 radical (unpaired) electrons. The van der Waals surface area contributed by atoms with Gasteiger partial charge in [0.25, 0.3) is 0 Å². The minimum Gasteiger partial charge on any atom is -0.444 e. The van der Waals surface area contributed by atoms with E-state index in [9.17, 15) is 22.8 Å². The first-order valence-corrected chi connectivity index (χ1v) is 16.5. The molecule has 1 saturated heterocycles. The Balaban J connectivity index is 1.38. The Morgan fingerprint density at radius 2 is 1.64 bits per heavy atom. The molecule has 2 spiro atoms. The molecule has 4 atom stereocenters. The van der Waals surface area contributed by atoms with Crippen LogP contribution in [-0.4, -0.2) is 54.0 Å². The van der Waals surface area contributed by atoms with Gasteiger partial charge in [0.1, 0.15) is 5.60 Å². The monoisotopic (exact) mass is 564 g/mol. The van der Waals surface area contributed by atoms with Gasteiger partial charge in [-0.05, 0) is 82.5 Å². The summed E-state index contributed by atoms with van der Waals surface area (Å²) in [7, 11) is -3.81. The predicted molar refractivity (Wildman–Crippen MR) is 148 cm³/mol. The van der Waals surface area contributed by atoms with Gasteiger partial charge < -0.3 is 4.74 Å². The zero-order chi connectivity index (χ0) is 28.9. The number of carbonyl (C=O) groups excluding carboxylic acids is 3. The van der Waals surface area contributed by atoms with Gasteiger partial charge in [-0.3, -0.25) is 19.2 Å². The molecule has 8 nitrogen and oxygen atoms in total. The Morgan fingerprint density at radius 3 is 2.08 bits per heavy atom. The summed E-state index contributed by atoms with van der Waals surface area (Å²) in [6.45, 7) is 14.4. The first-order chi connectivity index (χ1) is 18.0. The third-order valence-electron chi connectivity index (χ3n) is 11.8. The standard InChI is InChI=1S/C30H48N2O6S/c1-8-11-27(14-15-27)39(36,37)31-23(34)28(16-20(28)9-2)18-22(33)21-17-30(26(6,7)29(30)12-10-13-29)19-32(21)24(35)38-25(3,4)5/h20-21H,8-19H2,1-7H3,(H,31,34)/t20-,21+,28-,30-/m1/s1. The molecule has 0 aromatic rings. The minimum atomic E-state index is -3.81. The van der Waals surface area contributed by atoms with E-state index in [1.807, 2.05) is 34.6 Å². The van der Waals surface area contributed by atoms with Gasteiger partial charge in [-0.15, -0.1) is 0 Å². The molecule has 39 heavy (non-hydrogen) atoms. The average molecular weight is 565 g/mol. The van der Waals surface area contributed by atoms with E-state index in [-0.39, 0.29) is 34.4 Å². The number of Topliss-reactive ketones (excluding diaryl/α,β-unsaturated/α-hetero) is 1. The number of carbonyl (C=O) groups is 3. The molecule has 220 valence electrons. The minimum absolute atomic E-state index is 0.0279. The predicted octanol–water partition coefficient (Wildman–Crippen LogP) is 5.35. The van der Waals surface area contributed by atoms with Crippen LogP contribution in [0.25, 0.3) is 0 Å². The first kappa shape index (κ1) is 28.9. The third kappa shape index (κ3) is 4.02. The van der Waals surface area contributed by atoms with Crippen LogP contribution in [0.15, 0.2) is 0 Å². The Bertz CT molecular complexity index is 1180. The number of amides is 2. The number of fused-ring (bicyclic) bond motifs is 1. The molecule has 4 saturated carbocycles. The Hall–Kier alpha value is -1.64. The lowest BCUT2D eigenvalue weighted by Crippen LogP contribution is -2.47. The van der Waals surface area contributed by atoms with Crippen LogP contribution < -0.4 is 4.72 Å². The molecule has 0 aromatic heterocycles. The molecule has 1 N–H and O–H groups in total. The van der Waals surface area contributed by atoms with Crippen molar-refractivity contribution >= 4 is 27.8 Å². The largest absolute Gasteiger partial charge is 0.444 e. The van der Waals surface area contributed by atoms with Crippen LogP contribution in [0, 0.1) is 27.6 Å². The van der Waals surface area contributed by atoms with E-state index in [2.05, 4.69) is 18.6 Å². The van der Waals surface area contributed by atoms with E-state index in [0.29, 0.717) is 45.1 Å². The molecule has 2 amide bonds. The van der Waals surface area contributed by atoms with E-state index in [4.69, 9.17) is 4.74 Å². The van der Waals surface area contributed by atoms with Crippen molar-refractivity contribution in [3.8, 4) is 0 Å². The molecule has 0 unspecified atom stereocenters. The van der Waals surface area contributed by atoms with Crippen LogP contribution in [0.4, 0.5) is 4.79 Å². The summed E-state index contributed by atoms with van der Waals surface area (Å²) in [5.41, 5.74) is -1.66.